The number of thiocarbonyl (C=S) groups is 2. The van der Waals surface area contributed by atoms with Gasteiger partial charge in [-0.05, 0) is 24.3 Å². The summed E-state index contributed by atoms with van der Waals surface area (Å²) in [7, 11) is 3.37. The Morgan fingerprint density at radius 2 is 1.28 bits per heavy atom. The van der Waals surface area contributed by atoms with Gasteiger partial charge in [0.1, 0.15) is 9.98 Å². The van der Waals surface area contributed by atoms with E-state index in [1.165, 1.54) is 12.5 Å². The first kappa shape index (κ1) is 19.0. The van der Waals surface area contributed by atoms with Crippen molar-refractivity contribution < 1.29 is 18.4 Å². The van der Waals surface area contributed by atoms with E-state index in [1.54, 1.807) is 48.2 Å². The smallest absolute Gasteiger partial charge is 0.161 e. The van der Waals surface area contributed by atoms with E-state index in [4.69, 9.17) is 33.3 Å². The average molecular weight is 378 g/mol. The van der Waals surface area contributed by atoms with E-state index in [0.29, 0.717) is 21.5 Å². The average Bonchev–Trinajstić information content (AvgIpc) is 3.26. The van der Waals surface area contributed by atoms with E-state index in [9.17, 15) is 9.59 Å². The van der Waals surface area contributed by atoms with Gasteiger partial charge in [-0.15, -0.1) is 0 Å². The maximum absolute atomic E-state index is 12.1. The lowest BCUT2D eigenvalue weighted by atomic mass is 10.2. The number of Topliss-reactive ketones (excluding diaryl/α,β-unsaturated/α-hetero) is 2. The lowest BCUT2D eigenvalue weighted by Crippen LogP contribution is -2.35. The van der Waals surface area contributed by atoms with E-state index >= 15 is 0 Å². The van der Waals surface area contributed by atoms with Gasteiger partial charge in [-0.25, -0.2) is 0 Å². The number of carbonyl (C=O) groups is 2. The van der Waals surface area contributed by atoms with Crippen molar-refractivity contribution in [3.05, 3.63) is 48.3 Å². The van der Waals surface area contributed by atoms with Crippen LogP contribution < -0.4 is 0 Å². The van der Waals surface area contributed by atoms with Crippen LogP contribution in [-0.2, 0) is 9.59 Å². The van der Waals surface area contributed by atoms with Gasteiger partial charge in [0, 0.05) is 14.1 Å². The summed E-state index contributed by atoms with van der Waals surface area (Å²) in [4.78, 5) is 28.2. The normalized spacial score (nSPS) is 10.3. The molecule has 132 valence electrons. The summed E-state index contributed by atoms with van der Waals surface area (Å²) in [6.45, 7) is 0.0786. The minimum absolute atomic E-state index is 0.0393. The fourth-order valence-electron chi connectivity index (χ4n) is 2.18. The summed E-state index contributed by atoms with van der Waals surface area (Å²) >= 11 is 10.5. The second-order valence-corrected chi connectivity index (χ2v) is 6.30. The predicted octanol–water partition coefficient (Wildman–Crippen LogP) is 2.32. The minimum Gasteiger partial charge on any atom is -0.462 e. The summed E-state index contributed by atoms with van der Waals surface area (Å²) in [6, 6.07) is 6.88. The first-order chi connectivity index (χ1) is 11.9. The van der Waals surface area contributed by atoms with Crippen LogP contribution >= 0.6 is 24.4 Å². The molecule has 0 amide bonds. The molecule has 0 unspecified atom stereocenters. The van der Waals surface area contributed by atoms with E-state index in [2.05, 4.69) is 0 Å². The Morgan fingerprint density at radius 1 is 0.880 bits per heavy atom. The molecule has 0 radical (unpaired) electrons. The van der Waals surface area contributed by atoms with Crippen molar-refractivity contribution in [3.63, 3.8) is 0 Å². The quantitative estimate of drug-likeness (QED) is 0.512. The van der Waals surface area contributed by atoms with Crippen LogP contribution in [0.15, 0.2) is 45.6 Å². The van der Waals surface area contributed by atoms with Gasteiger partial charge in [-0.1, -0.05) is 24.4 Å². The van der Waals surface area contributed by atoms with Crippen LogP contribution in [0.4, 0.5) is 0 Å². The Morgan fingerprint density at radius 3 is 1.60 bits per heavy atom. The van der Waals surface area contributed by atoms with E-state index in [0.717, 1.165) is 0 Å². The maximum atomic E-state index is 12.1. The zero-order valence-corrected chi connectivity index (χ0v) is 15.6. The molecule has 0 aliphatic rings. The molecule has 6 nitrogen and oxygen atoms in total. The SMILES string of the molecule is CN(CC(=O)CC(=O)CN(C)C(=S)c1ccco1)C(=S)c1ccco1. The Kier molecular flexibility index (Phi) is 6.60. The van der Waals surface area contributed by atoms with Gasteiger partial charge < -0.3 is 18.6 Å². The van der Waals surface area contributed by atoms with Crippen LogP contribution in [-0.4, -0.2) is 58.5 Å². The second kappa shape index (κ2) is 8.68. The summed E-state index contributed by atoms with van der Waals surface area (Å²) < 4.78 is 10.4. The Bertz CT molecular complexity index is 689. The monoisotopic (exact) mass is 378 g/mol. The summed E-state index contributed by atoms with van der Waals surface area (Å²) in [5, 5.41) is 0. The van der Waals surface area contributed by atoms with Gasteiger partial charge >= 0.3 is 0 Å². The summed E-state index contributed by atoms with van der Waals surface area (Å²) in [5.74, 6) is 0.581. The zero-order valence-electron chi connectivity index (χ0n) is 13.9. The Labute approximate surface area is 156 Å². The second-order valence-electron chi connectivity index (χ2n) is 5.53. The molecule has 0 aliphatic heterocycles. The minimum atomic E-state index is -0.223. The first-order valence-electron chi connectivity index (χ1n) is 7.50. The van der Waals surface area contributed by atoms with Crippen molar-refractivity contribution in [2.45, 2.75) is 6.42 Å². The third kappa shape index (κ3) is 5.33. The summed E-state index contributed by atoms with van der Waals surface area (Å²) in [5.41, 5.74) is 0. The van der Waals surface area contributed by atoms with E-state index in [-0.39, 0.29) is 31.1 Å². The third-order valence-electron chi connectivity index (χ3n) is 3.38. The molecule has 0 saturated heterocycles. The standard InChI is InChI=1S/C17H18N2O4S2/c1-18(16(24)14-5-3-7-22-14)10-12(20)9-13(21)11-19(2)17(25)15-6-4-8-23-15/h3-8H,9-11H2,1-2H3. The molecule has 25 heavy (non-hydrogen) atoms. The molecule has 8 heteroatoms. The molecule has 0 fully saturated rings. The van der Waals surface area contributed by atoms with Gasteiger partial charge in [0.15, 0.2) is 23.1 Å². The number of ketones is 2. The van der Waals surface area contributed by atoms with Gasteiger partial charge in [0.2, 0.25) is 0 Å². The highest BCUT2D eigenvalue weighted by molar-refractivity contribution is 7.80. The lowest BCUT2D eigenvalue weighted by molar-refractivity contribution is -0.127. The van der Waals surface area contributed by atoms with Crippen LogP contribution in [0.3, 0.4) is 0 Å². The number of likely N-dealkylation sites (N-methyl/N-ethyl adjacent to an activating group) is 2. The van der Waals surface area contributed by atoms with Gasteiger partial charge in [-0.3, -0.25) is 9.59 Å². The van der Waals surface area contributed by atoms with Crippen LogP contribution in [0.1, 0.15) is 17.9 Å². The first-order valence-corrected chi connectivity index (χ1v) is 8.31. The largest absolute Gasteiger partial charge is 0.462 e. The number of rotatable bonds is 8. The maximum Gasteiger partial charge on any atom is 0.161 e. The number of carbonyl (C=O) groups excluding carboxylic acids is 2. The molecule has 0 bridgehead atoms. The molecule has 0 aliphatic carbocycles. The molecule has 0 atom stereocenters. The molecular formula is C17H18N2O4S2. The highest BCUT2D eigenvalue weighted by atomic mass is 32.1. The zero-order chi connectivity index (χ0) is 18.4. The molecule has 0 aromatic carbocycles. The molecule has 2 aromatic rings. The molecule has 0 saturated carbocycles. The van der Waals surface area contributed by atoms with Gasteiger partial charge in [0.25, 0.3) is 0 Å². The topological polar surface area (TPSA) is 66.9 Å². The third-order valence-corrected chi connectivity index (χ3v) is 4.40. The number of furan rings is 2. The molecule has 0 N–H and O–H groups in total. The van der Waals surface area contributed by atoms with E-state index < -0.39 is 0 Å². The van der Waals surface area contributed by atoms with Gasteiger partial charge in [0.05, 0.1) is 32.0 Å². The number of hydrogen-bond donors (Lipinski definition) is 0. The fourth-order valence-corrected chi connectivity index (χ4v) is 2.54. The van der Waals surface area contributed by atoms with E-state index in [1.807, 2.05) is 0 Å². The molecular weight excluding hydrogens is 360 g/mol. The fraction of sp³-hybridized carbons (Fsp3) is 0.294. The molecule has 2 heterocycles. The number of nitrogens with zero attached hydrogens (tertiary/aromatic N) is 2. The van der Waals surface area contributed by atoms with Crippen molar-refractivity contribution in [2.75, 3.05) is 27.2 Å². The molecule has 0 spiro atoms. The highest BCUT2D eigenvalue weighted by Crippen LogP contribution is 2.08. The molecule has 2 rings (SSSR count). The lowest BCUT2D eigenvalue weighted by Gasteiger charge is -2.19. The summed E-state index contributed by atoms with van der Waals surface area (Å²) in [6.07, 6.45) is 2.84. The predicted molar refractivity (Wildman–Crippen MR) is 101 cm³/mol. The van der Waals surface area contributed by atoms with Gasteiger partial charge in [-0.2, -0.15) is 0 Å². The van der Waals surface area contributed by atoms with Crippen molar-refractivity contribution in [1.29, 1.82) is 0 Å². The van der Waals surface area contributed by atoms with Crippen molar-refractivity contribution >= 4 is 46.0 Å². The Hall–Kier alpha value is -2.32. The van der Waals surface area contributed by atoms with Crippen LogP contribution in [0.5, 0.6) is 0 Å². The highest BCUT2D eigenvalue weighted by Gasteiger charge is 2.18. The molecule has 2 aromatic heterocycles. The van der Waals surface area contributed by atoms with Crippen molar-refractivity contribution in [1.82, 2.24) is 9.80 Å². The Balaban J connectivity index is 1.80. The van der Waals surface area contributed by atoms with Crippen molar-refractivity contribution in [3.8, 4) is 0 Å². The number of hydrogen-bond acceptors (Lipinski definition) is 6. The van der Waals surface area contributed by atoms with Crippen LogP contribution in [0, 0.1) is 0 Å². The van der Waals surface area contributed by atoms with Crippen LogP contribution in [0.2, 0.25) is 0 Å². The van der Waals surface area contributed by atoms with Crippen molar-refractivity contribution in [2.24, 2.45) is 0 Å². The van der Waals surface area contributed by atoms with Crippen LogP contribution in [0.25, 0.3) is 0 Å².